The van der Waals surface area contributed by atoms with Gasteiger partial charge in [-0.2, -0.15) is 0 Å². The van der Waals surface area contributed by atoms with Gasteiger partial charge in [-0.25, -0.2) is 0 Å². The van der Waals surface area contributed by atoms with Crippen LogP contribution in [0.25, 0.3) is 0 Å². The number of ether oxygens (including phenoxy) is 2. The highest BCUT2D eigenvalue weighted by Crippen LogP contribution is 2.69. The number of hydrogen-bond donors (Lipinski definition) is 2. The van der Waals surface area contributed by atoms with Crippen LogP contribution in [-0.4, -0.2) is 77.7 Å². The number of methoxy groups -OCH3 is 2. The lowest BCUT2D eigenvalue weighted by atomic mass is 9.47. The molecule has 21 atom stereocenters. The minimum Gasteiger partial charge on any atom is -0.414 e. The molecule has 6 nitrogen and oxygen atoms in total. The number of fused-ring (bicyclic) bond motifs is 15. The summed E-state index contributed by atoms with van der Waals surface area (Å²) in [7, 11) is 0.370. The highest BCUT2D eigenvalue weighted by molar-refractivity contribution is 6.74. The van der Waals surface area contributed by atoms with Crippen LogP contribution in [0.1, 0.15) is 216 Å². The third-order valence-corrected chi connectivity index (χ3v) is 38.0. The van der Waals surface area contributed by atoms with Crippen LogP contribution in [-0.2, 0) is 18.3 Å². The van der Waals surface area contributed by atoms with Crippen LogP contribution in [0.5, 0.6) is 0 Å². The van der Waals surface area contributed by atoms with E-state index < -0.39 is 16.6 Å². The van der Waals surface area contributed by atoms with Gasteiger partial charge in [0.05, 0.1) is 24.4 Å². The summed E-state index contributed by atoms with van der Waals surface area (Å²) in [5.74, 6) is 6.85. The first-order valence-corrected chi connectivity index (χ1v) is 40.1. The van der Waals surface area contributed by atoms with Crippen LogP contribution in [0.3, 0.4) is 0 Å². The van der Waals surface area contributed by atoms with Crippen LogP contribution in [0.15, 0.2) is 72.9 Å². The molecule has 0 radical (unpaired) electrons. The molecule has 0 heterocycles. The fraction of sp³-hybridized carbons (Fsp3) is 0.838. The average molecular weight is 1160 g/mol. The van der Waals surface area contributed by atoms with Crippen molar-refractivity contribution in [1.82, 2.24) is 0 Å². The van der Waals surface area contributed by atoms with Crippen LogP contribution < -0.4 is 0 Å². The van der Waals surface area contributed by atoms with Gasteiger partial charge in [0.1, 0.15) is 0 Å². The van der Waals surface area contributed by atoms with E-state index in [4.69, 9.17) is 18.3 Å². The Labute approximate surface area is 504 Å². The summed E-state index contributed by atoms with van der Waals surface area (Å²) in [6.07, 6.45) is 44.8. The summed E-state index contributed by atoms with van der Waals surface area (Å²) in [6, 6.07) is 0. The van der Waals surface area contributed by atoms with Gasteiger partial charge in [-0.15, -0.1) is 19.7 Å². The smallest absolute Gasteiger partial charge is 0.192 e. The predicted molar refractivity (Wildman–Crippen MR) is 346 cm³/mol. The molecule has 9 unspecified atom stereocenters. The molecule has 12 aliphatic rings. The van der Waals surface area contributed by atoms with E-state index in [2.05, 4.69) is 145 Å². The SMILES string of the molecule is C=C[C@]12CC[C@H](O)CC1=CCC1C2CC[C@@]2(C)C1CC[C@@H]2OC.C=C[C@]12CC[C@H](O[Si](C)(C)C(C)(C)C)CC1=CCC1C2CC[C@@]2(C)C1CC[C@@H]2O.C=C[C@]12CC[C@H](O[Si](C)(C)C(C)(C)C)CC1=CCC1C2CC[C@@]2(C)C1CC[C@@H]2OC. The molecular weight excluding hydrogens is 1040 g/mol. The molecule has 0 spiro atoms. The maximum Gasteiger partial charge on any atom is 0.192 e. The van der Waals surface area contributed by atoms with Crippen LogP contribution in [0, 0.1) is 85.8 Å². The molecule has 0 bridgehead atoms. The molecule has 8 heteroatoms. The third-order valence-electron chi connectivity index (χ3n) is 29.0. The first-order chi connectivity index (χ1) is 38.5. The van der Waals surface area contributed by atoms with E-state index in [1.165, 1.54) is 121 Å². The summed E-state index contributed by atoms with van der Waals surface area (Å²) in [5.41, 5.74) is 6.28. The van der Waals surface area contributed by atoms with Crippen molar-refractivity contribution < 1.29 is 28.5 Å². The fourth-order valence-corrected chi connectivity index (χ4v) is 25.0. The van der Waals surface area contributed by atoms with E-state index in [1.54, 1.807) is 11.1 Å². The van der Waals surface area contributed by atoms with E-state index in [0.717, 1.165) is 85.9 Å². The Hall–Kier alpha value is -1.37. The van der Waals surface area contributed by atoms with Crippen molar-refractivity contribution in [3.8, 4) is 0 Å². The number of aliphatic hydroxyl groups excluding tert-OH is 2. The van der Waals surface area contributed by atoms with Gasteiger partial charge in [0.2, 0.25) is 0 Å². The molecule has 0 aromatic rings. The van der Waals surface area contributed by atoms with E-state index in [0.29, 0.717) is 41.2 Å². The van der Waals surface area contributed by atoms with E-state index in [1.807, 2.05) is 14.2 Å². The molecule has 82 heavy (non-hydrogen) atoms. The lowest BCUT2D eigenvalue weighted by molar-refractivity contribution is -0.0764. The Bertz CT molecular complexity index is 2440. The molecule has 2 N–H and O–H groups in total. The van der Waals surface area contributed by atoms with Crippen molar-refractivity contribution in [2.24, 2.45) is 85.8 Å². The van der Waals surface area contributed by atoms with Gasteiger partial charge in [0.15, 0.2) is 16.6 Å². The van der Waals surface area contributed by atoms with Crippen molar-refractivity contribution in [1.29, 1.82) is 0 Å². The molecule has 0 aromatic carbocycles. The van der Waals surface area contributed by atoms with Gasteiger partial charge in [-0.05, 0) is 260 Å². The molecule has 0 amide bonds. The standard InChI is InChI=1S/C27H46O2Si.C26H44O2Si.C21H32O2/c1-9-27-17-14-20(29-30(7,8)25(2,3)4)18-19(27)10-11-21-22-12-13-24(28-6)26(22,5)16-15-23(21)27;1-8-26-16-13-19(28-29(6,7)24(2,3)4)17-18(26)9-10-20-21-11-12-23(27)25(21,5)15-14-22(20)26;1-4-21-12-9-15(22)13-14(21)5-6-16-17-7-8-19(23-3)20(17,2)11-10-18(16)21/h9-10,20-24H,1,11-18H2,2-8H3;8-9,19-23,27H,1,10-17H2,2-7H3;4-5,15-19,22H,1,6-13H2,2-3H3/t20-,21?,22?,23?,24-,26-,27-;19-,20?,21?,22?,23-,25-,26-;15-,16?,17?,18?,19-,20-,21-/m000/s1. The largest absolute Gasteiger partial charge is 0.414 e. The van der Waals surface area contributed by atoms with Crippen molar-refractivity contribution in [2.45, 2.75) is 289 Å². The highest BCUT2D eigenvalue weighted by atomic mass is 28.4. The van der Waals surface area contributed by atoms with Crippen molar-refractivity contribution >= 4 is 16.6 Å². The molecule has 9 fully saturated rings. The van der Waals surface area contributed by atoms with Gasteiger partial charge in [-0.3, -0.25) is 0 Å². The van der Waals surface area contributed by atoms with Gasteiger partial charge >= 0.3 is 0 Å². The molecule has 0 aromatic heterocycles. The maximum atomic E-state index is 10.7. The van der Waals surface area contributed by atoms with Gasteiger partial charge in [0, 0.05) is 42.7 Å². The van der Waals surface area contributed by atoms with E-state index in [9.17, 15) is 10.2 Å². The molecule has 0 aliphatic heterocycles. The Morgan fingerprint density at radius 3 is 1.16 bits per heavy atom. The molecule has 12 aliphatic carbocycles. The fourth-order valence-electron chi connectivity index (χ4n) is 22.2. The Morgan fingerprint density at radius 2 is 0.793 bits per heavy atom. The summed E-state index contributed by atoms with van der Waals surface area (Å²) in [5, 5.41) is 21.4. The maximum absolute atomic E-state index is 10.7. The summed E-state index contributed by atoms with van der Waals surface area (Å²) < 4.78 is 25.6. The normalized spacial score (nSPS) is 46.6. The first-order valence-electron chi connectivity index (χ1n) is 34.2. The third kappa shape index (κ3) is 10.4. The minimum absolute atomic E-state index is 0.0905. The van der Waals surface area contributed by atoms with Gasteiger partial charge < -0.3 is 28.5 Å². The number of allylic oxidation sites excluding steroid dienone is 6. The number of hydrogen-bond acceptors (Lipinski definition) is 6. The van der Waals surface area contributed by atoms with Crippen molar-refractivity contribution in [3.05, 3.63) is 72.9 Å². The van der Waals surface area contributed by atoms with Crippen LogP contribution in [0.2, 0.25) is 36.3 Å². The van der Waals surface area contributed by atoms with Gasteiger partial charge in [0.25, 0.3) is 0 Å². The molecule has 0 saturated heterocycles. The average Bonchev–Trinajstić information content (AvgIpc) is 4.26. The van der Waals surface area contributed by atoms with Crippen molar-refractivity contribution in [3.63, 3.8) is 0 Å². The molecule has 12 rings (SSSR count). The second-order valence-corrected chi connectivity index (χ2v) is 43.5. The predicted octanol–water partition coefficient (Wildman–Crippen LogP) is 18.9. The second kappa shape index (κ2) is 22.9. The van der Waals surface area contributed by atoms with E-state index >= 15 is 0 Å². The monoisotopic (exact) mass is 1160 g/mol. The van der Waals surface area contributed by atoms with Crippen LogP contribution in [0.4, 0.5) is 0 Å². The zero-order valence-electron chi connectivity index (χ0n) is 55.2. The lowest BCUT2D eigenvalue weighted by Crippen LogP contribution is -2.52. The zero-order chi connectivity index (χ0) is 59.4. The number of rotatable bonds is 9. The van der Waals surface area contributed by atoms with Crippen LogP contribution >= 0.6 is 0 Å². The Morgan fingerprint density at radius 1 is 0.451 bits per heavy atom. The van der Waals surface area contributed by atoms with Gasteiger partial charge in [-0.1, -0.05) is 115 Å². The Kier molecular flexibility index (Phi) is 17.8. The van der Waals surface area contributed by atoms with Crippen molar-refractivity contribution in [2.75, 3.05) is 14.2 Å². The molecule has 462 valence electrons. The number of aliphatic hydroxyl groups is 2. The summed E-state index contributed by atoms with van der Waals surface area (Å²) >= 11 is 0. The zero-order valence-corrected chi connectivity index (χ0v) is 57.2. The topological polar surface area (TPSA) is 77.4 Å². The van der Waals surface area contributed by atoms with E-state index in [-0.39, 0.29) is 43.9 Å². The summed E-state index contributed by atoms with van der Waals surface area (Å²) in [6.45, 7) is 44.1. The minimum atomic E-state index is -1.73. The second-order valence-electron chi connectivity index (χ2n) is 34.0. The summed E-state index contributed by atoms with van der Waals surface area (Å²) in [4.78, 5) is 0. The Balaban J connectivity index is 0.000000139. The lowest BCUT2D eigenvalue weighted by Gasteiger charge is -2.58. The first kappa shape index (κ1) is 63.6. The molecular formula is C74H122O6Si2. The highest BCUT2D eigenvalue weighted by Gasteiger charge is 2.63. The quantitative estimate of drug-likeness (QED) is 0.177. The molecule has 9 saturated carbocycles.